The Morgan fingerprint density at radius 3 is 2.53 bits per heavy atom. The molecule has 1 aliphatic rings. The van der Waals surface area contributed by atoms with E-state index in [1.807, 2.05) is 18.2 Å². The summed E-state index contributed by atoms with van der Waals surface area (Å²) >= 11 is 0. The van der Waals surface area contributed by atoms with Crippen LogP contribution in [0.4, 0.5) is 0 Å². The predicted octanol–water partition coefficient (Wildman–Crippen LogP) is 6.09. The van der Waals surface area contributed by atoms with Gasteiger partial charge in [-0.3, -0.25) is 4.79 Å². The first kappa shape index (κ1) is 23.9. The highest BCUT2D eigenvalue weighted by atomic mass is 16.4. The van der Waals surface area contributed by atoms with Gasteiger partial charge in [0.25, 0.3) is 0 Å². The van der Waals surface area contributed by atoms with Gasteiger partial charge in [0.15, 0.2) is 0 Å². The SMILES string of the molecule is O=CC(CCCCCC(CC=CCCC(=O)O)Cc1ccc(O)cc1)C1C=CCC1. The van der Waals surface area contributed by atoms with Gasteiger partial charge in [0.1, 0.15) is 12.0 Å². The molecule has 1 aromatic carbocycles. The molecular weight excluding hydrogens is 376 g/mol. The molecule has 30 heavy (non-hydrogen) atoms. The van der Waals surface area contributed by atoms with Gasteiger partial charge in [-0.2, -0.15) is 0 Å². The summed E-state index contributed by atoms with van der Waals surface area (Å²) in [4.78, 5) is 22.1. The summed E-state index contributed by atoms with van der Waals surface area (Å²) < 4.78 is 0. The molecule has 0 saturated heterocycles. The minimum absolute atomic E-state index is 0.174. The minimum atomic E-state index is -0.762. The Morgan fingerprint density at radius 1 is 1.10 bits per heavy atom. The van der Waals surface area contributed by atoms with Crippen LogP contribution in [0.25, 0.3) is 0 Å². The van der Waals surface area contributed by atoms with Gasteiger partial charge in [0.2, 0.25) is 0 Å². The molecule has 0 saturated carbocycles. The molecular formula is C26H36O4. The average molecular weight is 413 g/mol. The average Bonchev–Trinajstić information content (AvgIpc) is 3.26. The lowest BCUT2D eigenvalue weighted by Crippen LogP contribution is -2.12. The summed E-state index contributed by atoms with van der Waals surface area (Å²) in [5.41, 5.74) is 1.21. The van der Waals surface area contributed by atoms with Crippen LogP contribution in [0.3, 0.4) is 0 Å². The highest BCUT2D eigenvalue weighted by Crippen LogP contribution is 2.28. The van der Waals surface area contributed by atoms with Crippen LogP contribution in [0.15, 0.2) is 48.6 Å². The fourth-order valence-corrected chi connectivity index (χ4v) is 4.27. The number of phenolic OH excluding ortho intramolecular Hbond substituents is 1. The van der Waals surface area contributed by atoms with Gasteiger partial charge in [-0.25, -0.2) is 0 Å². The van der Waals surface area contributed by atoms with E-state index in [0.29, 0.717) is 18.3 Å². The largest absolute Gasteiger partial charge is 0.508 e. The Bertz CT molecular complexity index is 689. The molecule has 0 aromatic heterocycles. The number of aliphatic carboxylic acids is 1. The van der Waals surface area contributed by atoms with Crippen molar-refractivity contribution in [1.82, 2.24) is 0 Å². The van der Waals surface area contributed by atoms with Crippen LogP contribution in [-0.2, 0) is 16.0 Å². The standard InChI is InChI=1S/C26H36O4/c27-20-24(23-11-7-8-12-23)13-5-1-3-9-21(10-4-2-6-14-26(29)30)19-22-15-17-25(28)18-16-22/h2,4,7,11,15-18,20-21,23-24,28H,1,3,5-6,8-10,12-14,19H2,(H,29,30). The predicted molar refractivity (Wildman–Crippen MR) is 120 cm³/mol. The van der Waals surface area contributed by atoms with Gasteiger partial charge in [-0.05, 0) is 74.5 Å². The Labute approximate surface area is 180 Å². The fraction of sp³-hybridized carbons (Fsp3) is 0.538. The van der Waals surface area contributed by atoms with E-state index in [0.717, 1.165) is 64.1 Å². The number of phenols is 1. The molecule has 1 aromatic rings. The molecule has 1 aliphatic carbocycles. The van der Waals surface area contributed by atoms with Crippen LogP contribution in [0.1, 0.15) is 69.8 Å². The molecule has 0 heterocycles. The van der Waals surface area contributed by atoms with Crippen LogP contribution in [0.5, 0.6) is 5.75 Å². The highest BCUT2D eigenvalue weighted by Gasteiger charge is 2.20. The lowest BCUT2D eigenvalue weighted by atomic mass is 9.87. The number of carbonyl (C=O) groups is 2. The van der Waals surface area contributed by atoms with Crippen LogP contribution in [0, 0.1) is 17.8 Å². The molecule has 2 N–H and O–H groups in total. The molecule has 3 unspecified atom stereocenters. The molecule has 0 aliphatic heterocycles. The van der Waals surface area contributed by atoms with Crippen molar-refractivity contribution in [3.8, 4) is 5.75 Å². The number of aldehydes is 1. The molecule has 164 valence electrons. The smallest absolute Gasteiger partial charge is 0.303 e. The van der Waals surface area contributed by atoms with E-state index in [4.69, 9.17) is 5.11 Å². The van der Waals surface area contributed by atoms with E-state index in [1.165, 1.54) is 5.56 Å². The zero-order valence-corrected chi connectivity index (χ0v) is 17.9. The van der Waals surface area contributed by atoms with Crippen molar-refractivity contribution in [3.63, 3.8) is 0 Å². The maximum absolute atomic E-state index is 11.4. The summed E-state index contributed by atoms with van der Waals surface area (Å²) in [7, 11) is 0. The molecule has 0 amide bonds. The highest BCUT2D eigenvalue weighted by molar-refractivity contribution is 5.66. The second-order valence-electron chi connectivity index (χ2n) is 8.48. The lowest BCUT2D eigenvalue weighted by molar-refractivity contribution is -0.136. The van der Waals surface area contributed by atoms with Crippen molar-refractivity contribution in [2.45, 2.75) is 70.6 Å². The zero-order chi connectivity index (χ0) is 21.6. The van der Waals surface area contributed by atoms with Gasteiger partial charge in [0, 0.05) is 12.3 Å². The summed E-state index contributed by atoms with van der Waals surface area (Å²) in [6.45, 7) is 0. The number of allylic oxidation sites excluding steroid dienone is 4. The van der Waals surface area contributed by atoms with Crippen LogP contribution >= 0.6 is 0 Å². The third-order valence-electron chi connectivity index (χ3n) is 6.05. The molecule has 0 radical (unpaired) electrons. The van der Waals surface area contributed by atoms with Gasteiger partial charge in [0.05, 0.1) is 0 Å². The van der Waals surface area contributed by atoms with Gasteiger partial charge < -0.3 is 15.0 Å². The van der Waals surface area contributed by atoms with Gasteiger partial charge in [-0.15, -0.1) is 0 Å². The van der Waals surface area contributed by atoms with E-state index in [1.54, 1.807) is 12.1 Å². The third-order valence-corrected chi connectivity index (χ3v) is 6.05. The summed E-state index contributed by atoms with van der Waals surface area (Å²) in [6.07, 6.45) is 20.0. The first-order valence-electron chi connectivity index (χ1n) is 11.3. The first-order valence-corrected chi connectivity index (χ1v) is 11.3. The summed E-state index contributed by atoms with van der Waals surface area (Å²) in [5, 5.41) is 18.2. The summed E-state index contributed by atoms with van der Waals surface area (Å²) in [5.74, 6) is 0.636. The van der Waals surface area contributed by atoms with Crippen molar-refractivity contribution in [3.05, 3.63) is 54.1 Å². The van der Waals surface area contributed by atoms with Crippen molar-refractivity contribution in [2.24, 2.45) is 17.8 Å². The van der Waals surface area contributed by atoms with Gasteiger partial charge in [-0.1, -0.05) is 55.7 Å². The maximum atomic E-state index is 11.4. The van der Waals surface area contributed by atoms with E-state index in [-0.39, 0.29) is 18.1 Å². The Balaban J connectivity index is 1.76. The van der Waals surface area contributed by atoms with E-state index >= 15 is 0 Å². The van der Waals surface area contributed by atoms with Crippen LogP contribution < -0.4 is 0 Å². The number of rotatable bonds is 15. The number of hydrogen-bond acceptors (Lipinski definition) is 3. The van der Waals surface area contributed by atoms with Crippen molar-refractivity contribution >= 4 is 12.3 Å². The monoisotopic (exact) mass is 412 g/mol. The van der Waals surface area contributed by atoms with Crippen molar-refractivity contribution in [1.29, 1.82) is 0 Å². The molecule has 4 heteroatoms. The van der Waals surface area contributed by atoms with Crippen molar-refractivity contribution < 1.29 is 19.8 Å². The normalized spacial score (nSPS) is 17.9. The van der Waals surface area contributed by atoms with Crippen LogP contribution in [0.2, 0.25) is 0 Å². The van der Waals surface area contributed by atoms with Crippen LogP contribution in [-0.4, -0.2) is 22.5 Å². The quantitative estimate of drug-likeness (QED) is 0.207. The van der Waals surface area contributed by atoms with Gasteiger partial charge >= 0.3 is 5.97 Å². The second kappa shape index (κ2) is 13.8. The Kier molecular flexibility index (Phi) is 11.0. The maximum Gasteiger partial charge on any atom is 0.303 e. The fourth-order valence-electron chi connectivity index (χ4n) is 4.27. The molecule has 0 spiro atoms. The number of aromatic hydroxyl groups is 1. The van der Waals surface area contributed by atoms with E-state index in [2.05, 4.69) is 18.2 Å². The number of hydrogen-bond donors (Lipinski definition) is 2. The number of carboxylic acid groups (broad SMARTS) is 1. The number of benzene rings is 1. The van der Waals surface area contributed by atoms with Crippen molar-refractivity contribution in [2.75, 3.05) is 0 Å². The first-order chi connectivity index (χ1) is 14.6. The Morgan fingerprint density at radius 2 is 1.87 bits per heavy atom. The molecule has 0 bridgehead atoms. The number of carboxylic acids is 1. The zero-order valence-electron chi connectivity index (χ0n) is 17.9. The third kappa shape index (κ3) is 9.43. The Hall–Kier alpha value is -2.36. The summed E-state index contributed by atoms with van der Waals surface area (Å²) in [6, 6.07) is 7.40. The molecule has 2 rings (SSSR count). The van der Waals surface area contributed by atoms with E-state index in [9.17, 15) is 14.7 Å². The molecule has 3 atom stereocenters. The van der Waals surface area contributed by atoms with E-state index < -0.39 is 5.97 Å². The molecule has 4 nitrogen and oxygen atoms in total. The molecule has 0 fully saturated rings. The topological polar surface area (TPSA) is 74.6 Å². The number of carbonyl (C=O) groups excluding carboxylic acids is 1. The second-order valence-corrected chi connectivity index (χ2v) is 8.48. The lowest BCUT2D eigenvalue weighted by Gasteiger charge is -2.17. The number of unbranched alkanes of at least 4 members (excludes halogenated alkanes) is 2. The minimum Gasteiger partial charge on any atom is -0.508 e.